The van der Waals surface area contributed by atoms with Crippen molar-refractivity contribution < 1.29 is 14.3 Å². The molecule has 0 bridgehead atoms. The zero-order valence-electron chi connectivity index (χ0n) is 13.4. The molecule has 2 aromatic rings. The SMILES string of the molecule is O=C(NCC(CCO)c1ccccc1)N1CCc2ccc(F)cc21. The highest BCUT2D eigenvalue weighted by molar-refractivity contribution is 5.94. The number of nitrogens with zero attached hydrogens (tertiary/aromatic N) is 1. The van der Waals surface area contributed by atoms with Crippen molar-refractivity contribution in [3.8, 4) is 0 Å². The van der Waals surface area contributed by atoms with Crippen LogP contribution >= 0.6 is 0 Å². The van der Waals surface area contributed by atoms with Gasteiger partial charge in [0, 0.05) is 25.6 Å². The molecular weight excluding hydrogens is 307 g/mol. The van der Waals surface area contributed by atoms with Crippen LogP contribution < -0.4 is 10.2 Å². The van der Waals surface area contributed by atoms with Gasteiger partial charge < -0.3 is 10.4 Å². The average molecular weight is 328 g/mol. The van der Waals surface area contributed by atoms with Crippen molar-refractivity contribution in [2.24, 2.45) is 0 Å². The Bertz CT molecular complexity index is 706. The van der Waals surface area contributed by atoms with Gasteiger partial charge in [0.25, 0.3) is 0 Å². The lowest BCUT2D eigenvalue weighted by molar-refractivity contribution is 0.243. The number of hydrogen-bond donors (Lipinski definition) is 2. The third kappa shape index (κ3) is 3.57. The fraction of sp³-hybridized carbons (Fsp3) is 0.316. The first-order chi connectivity index (χ1) is 11.7. The van der Waals surface area contributed by atoms with Crippen molar-refractivity contribution in [1.29, 1.82) is 0 Å². The van der Waals surface area contributed by atoms with E-state index < -0.39 is 0 Å². The average Bonchev–Trinajstić information content (AvgIpc) is 3.02. The van der Waals surface area contributed by atoms with E-state index in [9.17, 15) is 14.3 Å². The first-order valence-electron chi connectivity index (χ1n) is 8.18. The molecule has 0 saturated carbocycles. The van der Waals surface area contributed by atoms with Crippen molar-refractivity contribution >= 4 is 11.7 Å². The molecule has 1 unspecified atom stereocenters. The lowest BCUT2D eigenvalue weighted by atomic mass is 9.96. The molecule has 1 atom stereocenters. The third-order valence-electron chi connectivity index (χ3n) is 4.44. The monoisotopic (exact) mass is 328 g/mol. The zero-order valence-corrected chi connectivity index (χ0v) is 13.4. The molecule has 1 aliphatic rings. The Labute approximate surface area is 140 Å². The molecule has 2 N–H and O–H groups in total. The van der Waals surface area contributed by atoms with Gasteiger partial charge >= 0.3 is 6.03 Å². The highest BCUT2D eigenvalue weighted by Crippen LogP contribution is 2.28. The molecule has 24 heavy (non-hydrogen) atoms. The summed E-state index contributed by atoms with van der Waals surface area (Å²) in [6.07, 6.45) is 1.32. The number of anilines is 1. The van der Waals surface area contributed by atoms with Gasteiger partial charge in [-0.1, -0.05) is 36.4 Å². The third-order valence-corrected chi connectivity index (χ3v) is 4.44. The van der Waals surface area contributed by atoms with Crippen molar-refractivity contribution in [2.45, 2.75) is 18.8 Å². The molecule has 0 spiro atoms. The molecule has 126 valence electrons. The molecule has 0 saturated heterocycles. The van der Waals surface area contributed by atoms with Crippen molar-refractivity contribution in [3.63, 3.8) is 0 Å². The molecule has 1 heterocycles. The smallest absolute Gasteiger partial charge is 0.321 e. The van der Waals surface area contributed by atoms with Gasteiger partial charge in [0.1, 0.15) is 5.82 Å². The minimum atomic E-state index is -0.337. The highest BCUT2D eigenvalue weighted by atomic mass is 19.1. The summed E-state index contributed by atoms with van der Waals surface area (Å²) in [5.41, 5.74) is 2.71. The topological polar surface area (TPSA) is 52.6 Å². The number of urea groups is 1. The molecule has 0 aromatic heterocycles. The van der Waals surface area contributed by atoms with Crippen molar-refractivity contribution in [2.75, 3.05) is 24.6 Å². The van der Waals surface area contributed by atoms with Gasteiger partial charge in [0.05, 0.1) is 5.69 Å². The van der Waals surface area contributed by atoms with Gasteiger partial charge in [-0.25, -0.2) is 9.18 Å². The largest absolute Gasteiger partial charge is 0.396 e. The fourth-order valence-corrected chi connectivity index (χ4v) is 3.14. The Balaban J connectivity index is 1.66. The maximum atomic E-state index is 13.4. The molecule has 3 rings (SSSR count). The van der Waals surface area contributed by atoms with Crippen LogP contribution in [0.4, 0.5) is 14.9 Å². The number of amides is 2. The van der Waals surface area contributed by atoms with Crippen LogP contribution in [-0.4, -0.2) is 30.8 Å². The van der Waals surface area contributed by atoms with E-state index >= 15 is 0 Å². The van der Waals surface area contributed by atoms with E-state index in [-0.39, 0.29) is 24.4 Å². The summed E-state index contributed by atoms with van der Waals surface area (Å²) in [7, 11) is 0. The second-order valence-electron chi connectivity index (χ2n) is 5.98. The zero-order chi connectivity index (χ0) is 16.9. The van der Waals surface area contributed by atoms with E-state index in [0.717, 1.165) is 17.5 Å². The summed E-state index contributed by atoms with van der Waals surface area (Å²) in [5, 5.41) is 12.2. The van der Waals surface area contributed by atoms with Gasteiger partial charge in [-0.05, 0) is 36.1 Å². The molecule has 0 radical (unpaired) electrons. The first kappa shape index (κ1) is 16.5. The summed E-state index contributed by atoms with van der Waals surface area (Å²) in [6, 6.07) is 14.2. The number of nitrogens with one attached hydrogen (secondary N) is 1. The second-order valence-corrected chi connectivity index (χ2v) is 5.98. The number of halogens is 1. The molecule has 0 aliphatic carbocycles. The summed E-state index contributed by atoms with van der Waals surface area (Å²) in [5.74, 6) is -0.286. The van der Waals surface area contributed by atoms with E-state index in [1.165, 1.54) is 12.1 Å². The van der Waals surface area contributed by atoms with Crippen LogP contribution in [0.3, 0.4) is 0 Å². The lowest BCUT2D eigenvalue weighted by Gasteiger charge is -2.22. The van der Waals surface area contributed by atoms with Gasteiger partial charge in [0.2, 0.25) is 0 Å². The first-order valence-corrected chi connectivity index (χ1v) is 8.18. The predicted molar refractivity (Wildman–Crippen MR) is 91.7 cm³/mol. The molecule has 2 amide bonds. The number of benzene rings is 2. The van der Waals surface area contributed by atoms with Crippen LogP contribution in [-0.2, 0) is 6.42 Å². The minimum absolute atomic E-state index is 0.0507. The standard InChI is InChI=1S/C19H21FN2O2/c20-17-7-6-15-8-10-22(18(15)12-17)19(24)21-13-16(9-11-23)14-4-2-1-3-5-14/h1-7,12,16,23H,8-11,13H2,(H,21,24). The van der Waals surface area contributed by atoms with E-state index in [1.54, 1.807) is 11.0 Å². The maximum absolute atomic E-state index is 13.4. The van der Waals surface area contributed by atoms with Gasteiger partial charge in [-0.2, -0.15) is 0 Å². The Kier molecular flexibility index (Phi) is 5.11. The number of rotatable bonds is 5. The van der Waals surface area contributed by atoms with E-state index in [4.69, 9.17) is 0 Å². The Morgan fingerprint density at radius 3 is 2.79 bits per heavy atom. The maximum Gasteiger partial charge on any atom is 0.321 e. The number of carbonyl (C=O) groups excluding carboxylic acids is 1. The number of hydrogen-bond acceptors (Lipinski definition) is 2. The quantitative estimate of drug-likeness (QED) is 0.886. The Morgan fingerprint density at radius 2 is 2.04 bits per heavy atom. The molecule has 2 aromatic carbocycles. The van der Waals surface area contributed by atoms with E-state index in [1.807, 2.05) is 30.3 Å². The van der Waals surface area contributed by atoms with Crippen LogP contribution in [0.25, 0.3) is 0 Å². The Morgan fingerprint density at radius 1 is 1.25 bits per heavy atom. The number of aliphatic hydroxyl groups excluding tert-OH is 1. The van der Waals surface area contributed by atoms with Crippen LogP contribution in [0, 0.1) is 5.82 Å². The number of aliphatic hydroxyl groups is 1. The summed E-state index contributed by atoms with van der Waals surface area (Å²) in [6.45, 7) is 1.05. The van der Waals surface area contributed by atoms with Crippen LogP contribution in [0.15, 0.2) is 48.5 Å². The minimum Gasteiger partial charge on any atom is -0.396 e. The van der Waals surface area contributed by atoms with Gasteiger partial charge in [-0.15, -0.1) is 0 Å². The van der Waals surface area contributed by atoms with Crippen LogP contribution in [0.5, 0.6) is 0 Å². The van der Waals surface area contributed by atoms with E-state index in [0.29, 0.717) is 25.2 Å². The van der Waals surface area contributed by atoms with Crippen molar-refractivity contribution in [1.82, 2.24) is 5.32 Å². The second kappa shape index (κ2) is 7.45. The fourth-order valence-electron chi connectivity index (χ4n) is 3.14. The molecule has 5 heteroatoms. The summed E-state index contributed by atoms with van der Waals surface area (Å²) < 4.78 is 13.4. The number of carbonyl (C=O) groups is 1. The lowest BCUT2D eigenvalue weighted by Crippen LogP contribution is -2.40. The molecular formula is C19H21FN2O2. The predicted octanol–water partition coefficient (Wildman–Crippen LogP) is 3.06. The van der Waals surface area contributed by atoms with Gasteiger partial charge in [-0.3, -0.25) is 4.90 Å². The molecule has 1 aliphatic heterocycles. The molecule has 0 fully saturated rings. The summed E-state index contributed by atoms with van der Waals surface area (Å²) in [4.78, 5) is 14.1. The van der Waals surface area contributed by atoms with Crippen LogP contribution in [0.2, 0.25) is 0 Å². The number of fused-ring (bicyclic) bond motifs is 1. The van der Waals surface area contributed by atoms with E-state index in [2.05, 4.69) is 5.32 Å². The highest BCUT2D eigenvalue weighted by Gasteiger charge is 2.25. The normalized spacial score (nSPS) is 14.3. The van der Waals surface area contributed by atoms with Crippen LogP contribution in [0.1, 0.15) is 23.5 Å². The molecule has 4 nitrogen and oxygen atoms in total. The summed E-state index contributed by atoms with van der Waals surface area (Å²) >= 11 is 0. The van der Waals surface area contributed by atoms with Crippen molar-refractivity contribution in [3.05, 3.63) is 65.5 Å². The Hall–Kier alpha value is -2.40. The van der Waals surface area contributed by atoms with Gasteiger partial charge in [0.15, 0.2) is 0 Å².